The molecule has 170 valence electrons. The summed E-state index contributed by atoms with van der Waals surface area (Å²) in [5, 5.41) is 0. The molecule has 0 atom stereocenters. The molecule has 1 heterocycles. The van der Waals surface area contributed by atoms with Crippen molar-refractivity contribution in [3.05, 3.63) is 90.0 Å². The Morgan fingerprint density at radius 2 is 1.61 bits per heavy atom. The monoisotopic (exact) mass is 464 g/mol. The van der Waals surface area contributed by atoms with E-state index in [0.29, 0.717) is 12.2 Å². The van der Waals surface area contributed by atoms with E-state index in [9.17, 15) is 18.0 Å². The van der Waals surface area contributed by atoms with E-state index in [2.05, 4.69) is 0 Å². The lowest BCUT2D eigenvalue weighted by Crippen LogP contribution is -2.38. The van der Waals surface area contributed by atoms with Crippen molar-refractivity contribution >= 4 is 33.3 Å². The summed E-state index contributed by atoms with van der Waals surface area (Å²) in [7, 11) is -2.61. The van der Waals surface area contributed by atoms with E-state index in [-0.39, 0.29) is 16.4 Å². The molecule has 0 saturated heterocycles. The van der Waals surface area contributed by atoms with Gasteiger partial charge in [0, 0.05) is 19.3 Å². The second kappa shape index (κ2) is 9.46. The maximum atomic E-state index is 13.2. The second-order valence-electron chi connectivity index (χ2n) is 7.66. The number of ether oxygens (including phenoxy) is 1. The zero-order valence-electron chi connectivity index (χ0n) is 18.2. The van der Waals surface area contributed by atoms with Crippen LogP contribution < -0.4 is 9.21 Å². The molecule has 1 aliphatic rings. The lowest BCUT2D eigenvalue weighted by Gasteiger charge is -2.29. The molecule has 33 heavy (non-hydrogen) atoms. The first kappa shape index (κ1) is 22.5. The number of carbonyl (C=O) groups excluding carboxylic acids is 2. The number of hydrogen-bond donors (Lipinski definition) is 0. The molecule has 1 aliphatic heterocycles. The van der Waals surface area contributed by atoms with Crippen LogP contribution in [0.3, 0.4) is 0 Å². The molecule has 0 aliphatic carbocycles. The highest BCUT2D eigenvalue weighted by Crippen LogP contribution is 2.27. The molecule has 3 aromatic rings. The van der Waals surface area contributed by atoms with Gasteiger partial charge in [0.05, 0.1) is 11.3 Å². The Labute approximate surface area is 193 Å². The van der Waals surface area contributed by atoms with Crippen LogP contribution >= 0.6 is 0 Å². The summed E-state index contributed by atoms with van der Waals surface area (Å²) in [6.07, 6.45) is 1.71. The van der Waals surface area contributed by atoms with Crippen LogP contribution in [0.4, 0.5) is 11.4 Å². The van der Waals surface area contributed by atoms with Crippen LogP contribution in [0.1, 0.15) is 22.3 Å². The lowest BCUT2D eigenvalue weighted by molar-refractivity contribution is -0.121. The fraction of sp³-hybridized carbons (Fsp3) is 0.200. The van der Waals surface area contributed by atoms with Crippen LogP contribution in [0.5, 0.6) is 0 Å². The number of nitrogens with zero attached hydrogens (tertiary/aromatic N) is 2. The summed E-state index contributed by atoms with van der Waals surface area (Å²) in [6.45, 7) is 0.0658. The molecule has 0 radical (unpaired) electrons. The van der Waals surface area contributed by atoms with Crippen LogP contribution in [-0.2, 0) is 26.0 Å². The fourth-order valence-corrected chi connectivity index (χ4v) is 5.23. The van der Waals surface area contributed by atoms with Crippen molar-refractivity contribution < 1.29 is 22.7 Å². The summed E-state index contributed by atoms with van der Waals surface area (Å²) in [5.41, 5.74) is 2.23. The van der Waals surface area contributed by atoms with Crippen molar-refractivity contribution in [1.29, 1.82) is 0 Å². The normalized spacial score (nSPS) is 13.2. The molecule has 0 unspecified atom stereocenters. The summed E-state index contributed by atoms with van der Waals surface area (Å²) in [4.78, 5) is 27.0. The number of benzene rings is 3. The molecule has 4 rings (SSSR count). The Morgan fingerprint density at radius 3 is 2.39 bits per heavy atom. The zero-order valence-corrected chi connectivity index (χ0v) is 19.0. The third kappa shape index (κ3) is 4.61. The third-order valence-corrected chi connectivity index (χ3v) is 7.45. The second-order valence-corrected chi connectivity index (χ2v) is 9.60. The summed E-state index contributed by atoms with van der Waals surface area (Å²) in [6, 6.07) is 22.0. The zero-order chi connectivity index (χ0) is 23.4. The minimum Gasteiger partial charge on any atom is -0.452 e. The predicted molar refractivity (Wildman–Crippen MR) is 126 cm³/mol. The molecule has 0 aromatic heterocycles. The van der Waals surface area contributed by atoms with Crippen molar-refractivity contribution in [2.75, 3.05) is 29.4 Å². The molecule has 0 bridgehead atoms. The largest absolute Gasteiger partial charge is 0.452 e. The molecule has 3 aromatic carbocycles. The van der Waals surface area contributed by atoms with Crippen molar-refractivity contribution in [2.45, 2.75) is 17.7 Å². The van der Waals surface area contributed by atoms with Gasteiger partial charge < -0.3 is 9.64 Å². The Hall–Kier alpha value is -3.65. The van der Waals surface area contributed by atoms with Gasteiger partial charge in [-0.3, -0.25) is 9.10 Å². The van der Waals surface area contributed by atoms with Gasteiger partial charge in [-0.2, -0.15) is 0 Å². The number of rotatable bonds is 6. The first-order valence-corrected chi connectivity index (χ1v) is 12.0. The summed E-state index contributed by atoms with van der Waals surface area (Å²) in [5.74, 6) is -1.22. The number of sulfonamides is 1. The van der Waals surface area contributed by atoms with E-state index < -0.39 is 22.6 Å². The average Bonchev–Trinajstić information content (AvgIpc) is 2.86. The van der Waals surface area contributed by atoms with Crippen LogP contribution in [0.15, 0.2) is 83.8 Å². The molecular formula is C25H24N2O5S. The van der Waals surface area contributed by atoms with E-state index in [4.69, 9.17) is 4.74 Å². The van der Waals surface area contributed by atoms with Gasteiger partial charge in [-0.25, -0.2) is 13.2 Å². The number of aryl methyl sites for hydroxylation is 1. The van der Waals surface area contributed by atoms with Gasteiger partial charge in [-0.1, -0.05) is 48.5 Å². The van der Waals surface area contributed by atoms with Crippen molar-refractivity contribution in [1.82, 2.24) is 0 Å². The number of esters is 1. The summed E-state index contributed by atoms with van der Waals surface area (Å²) < 4.78 is 32.8. The molecule has 7 nitrogen and oxygen atoms in total. The highest BCUT2D eigenvalue weighted by molar-refractivity contribution is 7.92. The van der Waals surface area contributed by atoms with Gasteiger partial charge in [0.15, 0.2) is 6.61 Å². The third-order valence-electron chi connectivity index (χ3n) is 5.60. The molecule has 0 N–H and O–H groups in total. The quantitative estimate of drug-likeness (QED) is 0.520. The fourth-order valence-electron chi connectivity index (χ4n) is 3.86. The lowest BCUT2D eigenvalue weighted by atomic mass is 10.0. The van der Waals surface area contributed by atoms with E-state index in [1.54, 1.807) is 41.3 Å². The van der Waals surface area contributed by atoms with E-state index in [0.717, 1.165) is 28.4 Å². The number of anilines is 2. The maximum Gasteiger partial charge on any atom is 0.340 e. The molecule has 1 amide bonds. The van der Waals surface area contributed by atoms with Crippen LogP contribution in [0.2, 0.25) is 0 Å². The van der Waals surface area contributed by atoms with Crippen molar-refractivity contribution in [3.8, 4) is 0 Å². The predicted octanol–water partition coefficient (Wildman–Crippen LogP) is 3.65. The van der Waals surface area contributed by atoms with Crippen molar-refractivity contribution in [2.24, 2.45) is 0 Å². The summed E-state index contributed by atoms with van der Waals surface area (Å²) >= 11 is 0. The maximum absolute atomic E-state index is 13.2. The highest BCUT2D eigenvalue weighted by Gasteiger charge is 2.29. The number of carbonyl (C=O) groups is 2. The van der Waals surface area contributed by atoms with Crippen LogP contribution in [0, 0.1) is 0 Å². The number of amides is 1. The van der Waals surface area contributed by atoms with E-state index in [1.165, 1.54) is 25.2 Å². The minimum atomic E-state index is -4.03. The molecule has 0 saturated carbocycles. The van der Waals surface area contributed by atoms with Crippen LogP contribution in [-0.4, -0.2) is 40.5 Å². The molecule has 0 fully saturated rings. The van der Waals surface area contributed by atoms with Crippen LogP contribution in [0.25, 0.3) is 0 Å². The van der Waals surface area contributed by atoms with Gasteiger partial charge in [0.1, 0.15) is 4.90 Å². The number of hydrogen-bond acceptors (Lipinski definition) is 5. The van der Waals surface area contributed by atoms with Crippen molar-refractivity contribution in [3.63, 3.8) is 0 Å². The standard InChI is InChI=1S/C25H24N2O5S/c1-26(20-12-3-2-4-13-20)33(30,31)23-16-8-6-14-21(23)25(29)32-18-24(28)27-17-9-11-19-10-5-7-15-22(19)27/h2-8,10,12-16H,9,11,17-18H2,1H3. The Bertz CT molecular complexity index is 1270. The first-order chi connectivity index (χ1) is 15.9. The van der Waals surface area contributed by atoms with Gasteiger partial charge in [0.25, 0.3) is 15.9 Å². The number of para-hydroxylation sites is 2. The molecular weight excluding hydrogens is 440 g/mol. The van der Waals surface area contributed by atoms with Gasteiger partial charge in [-0.15, -0.1) is 0 Å². The highest BCUT2D eigenvalue weighted by atomic mass is 32.2. The molecule has 8 heteroatoms. The average molecular weight is 465 g/mol. The van der Waals surface area contributed by atoms with Gasteiger partial charge in [-0.05, 0) is 48.7 Å². The number of fused-ring (bicyclic) bond motifs is 1. The Kier molecular flexibility index (Phi) is 6.46. The Morgan fingerprint density at radius 1 is 0.939 bits per heavy atom. The van der Waals surface area contributed by atoms with Gasteiger partial charge in [0.2, 0.25) is 0 Å². The SMILES string of the molecule is CN(c1ccccc1)S(=O)(=O)c1ccccc1C(=O)OCC(=O)N1CCCc2ccccc21. The smallest absolute Gasteiger partial charge is 0.340 e. The topological polar surface area (TPSA) is 84.0 Å². The Balaban J connectivity index is 1.52. The van der Waals surface area contributed by atoms with Gasteiger partial charge >= 0.3 is 5.97 Å². The molecule has 0 spiro atoms. The van der Waals surface area contributed by atoms with E-state index >= 15 is 0 Å². The van der Waals surface area contributed by atoms with E-state index in [1.807, 2.05) is 24.3 Å². The first-order valence-electron chi connectivity index (χ1n) is 10.6. The minimum absolute atomic E-state index is 0.118.